The van der Waals surface area contributed by atoms with E-state index >= 15 is 0 Å². The van der Waals surface area contributed by atoms with E-state index in [-0.39, 0.29) is 29.6 Å². The summed E-state index contributed by atoms with van der Waals surface area (Å²) in [5.41, 5.74) is 0.942. The second-order valence-corrected chi connectivity index (χ2v) is 6.92. The summed E-state index contributed by atoms with van der Waals surface area (Å²) >= 11 is 0. The third-order valence-electron chi connectivity index (χ3n) is 5.13. The van der Waals surface area contributed by atoms with Gasteiger partial charge in [-0.1, -0.05) is 6.07 Å². The van der Waals surface area contributed by atoms with Crippen LogP contribution in [0.25, 0.3) is 16.9 Å². The molecule has 9 heteroatoms. The fraction of sp³-hybridized carbons (Fsp3) is 0.200. The fourth-order valence-electron chi connectivity index (χ4n) is 3.76. The van der Waals surface area contributed by atoms with Crippen LogP contribution in [0.15, 0.2) is 36.8 Å². The van der Waals surface area contributed by atoms with Gasteiger partial charge in [0.25, 0.3) is 5.91 Å². The molecule has 146 valence electrons. The Bertz CT molecular complexity index is 1150. The standard InChI is InChI=1S/C20H15F2N5O2/c21-11-3-1-4-12(22)18(11)13-7-15(19-14(25-13)8-23-20(19)29)26-9-16(24-10-26)27-6-2-5-17(27)28/h1,3-4,7,9-10H,2,5-6,8H2,(H,23,29). The Labute approximate surface area is 164 Å². The SMILES string of the molecule is O=C1NCc2nc(-c3c(F)cccc3F)cc(-n3cnc(N4CCCC4=O)c3)c21. The minimum Gasteiger partial charge on any atom is -0.346 e. The van der Waals surface area contributed by atoms with Crippen LogP contribution in [-0.2, 0) is 11.3 Å². The van der Waals surface area contributed by atoms with Crippen LogP contribution in [0, 0.1) is 11.6 Å². The van der Waals surface area contributed by atoms with Crippen molar-refractivity contribution in [1.82, 2.24) is 19.9 Å². The van der Waals surface area contributed by atoms with Crippen molar-refractivity contribution in [2.45, 2.75) is 19.4 Å². The number of hydrogen-bond donors (Lipinski definition) is 1. The molecule has 0 radical (unpaired) electrons. The maximum absolute atomic E-state index is 14.3. The molecular weight excluding hydrogens is 380 g/mol. The van der Waals surface area contributed by atoms with Crippen molar-refractivity contribution < 1.29 is 18.4 Å². The molecule has 29 heavy (non-hydrogen) atoms. The number of benzene rings is 1. The lowest BCUT2D eigenvalue weighted by molar-refractivity contribution is -0.117. The molecule has 2 amide bonds. The number of anilines is 1. The Kier molecular flexibility index (Phi) is 3.90. The fourth-order valence-corrected chi connectivity index (χ4v) is 3.76. The van der Waals surface area contributed by atoms with Gasteiger partial charge in [-0.15, -0.1) is 0 Å². The largest absolute Gasteiger partial charge is 0.346 e. The lowest BCUT2D eigenvalue weighted by atomic mass is 10.1. The van der Waals surface area contributed by atoms with E-state index in [0.717, 1.165) is 18.6 Å². The minimum absolute atomic E-state index is 0.0120. The van der Waals surface area contributed by atoms with Gasteiger partial charge < -0.3 is 9.88 Å². The molecule has 7 nitrogen and oxygen atoms in total. The number of hydrogen-bond acceptors (Lipinski definition) is 4. The van der Waals surface area contributed by atoms with Gasteiger partial charge in [0.05, 0.1) is 40.9 Å². The van der Waals surface area contributed by atoms with Crippen molar-refractivity contribution in [1.29, 1.82) is 0 Å². The number of carbonyl (C=O) groups is 2. The Morgan fingerprint density at radius 2 is 1.90 bits per heavy atom. The van der Waals surface area contributed by atoms with Gasteiger partial charge >= 0.3 is 0 Å². The second kappa shape index (κ2) is 6.47. The topological polar surface area (TPSA) is 80.1 Å². The van der Waals surface area contributed by atoms with Crippen molar-refractivity contribution in [2.24, 2.45) is 0 Å². The number of amides is 2. The molecule has 0 atom stereocenters. The molecule has 1 N–H and O–H groups in total. The van der Waals surface area contributed by atoms with Crippen LogP contribution in [-0.4, -0.2) is 32.9 Å². The number of rotatable bonds is 3. The highest BCUT2D eigenvalue weighted by molar-refractivity contribution is 6.02. The van der Waals surface area contributed by atoms with Crippen molar-refractivity contribution in [3.05, 3.63) is 59.7 Å². The highest BCUT2D eigenvalue weighted by atomic mass is 19.1. The number of nitrogens with zero attached hydrogens (tertiary/aromatic N) is 4. The van der Waals surface area contributed by atoms with Gasteiger partial charge in [-0.25, -0.2) is 18.7 Å². The molecule has 1 fully saturated rings. The van der Waals surface area contributed by atoms with Crippen molar-refractivity contribution in [3.8, 4) is 16.9 Å². The van der Waals surface area contributed by atoms with E-state index in [1.54, 1.807) is 15.7 Å². The summed E-state index contributed by atoms with van der Waals surface area (Å²) in [6.45, 7) is 0.744. The van der Waals surface area contributed by atoms with Gasteiger partial charge in [0.15, 0.2) is 5.82 Å². The quantitative estimate of drug-likeness (QED) is 0.739. The summed E-state index contributed by atoms with van der Waals surface area (Å²) in [6.07, 6.45) is 4.33. The second-order valence-electron chi connectivity index (χ2n) is 6.92. The van der Waals surface area contributed by atoms with Crippen LogP contribution in [0.2, 0.25) is 0 Å². The molecular formula is C20H15F2N5O2. The third kappa shape index (κ3) is 2.77. The maximum atomic E-state index is 14.3. The van der Waals surface area contributed by atoms with Crippen LogP contribution in [0.3, 0.4) is 0 Å². The molecule has 2 aromatic heterocycles. The molecule has 4 heterocycles. The van der Waals surface area contributed by atoms with Crippen LogP contribution in [0.5, 0.6) is 0 Å². The number of fused-ring (bicyclic) bond motifs is 1. The predicted octanol–water partition coefficient (Wildman–Crippen LogP) is 2.58. The summed E-state index contributed by atoms with van der Waals surface area (Å²) < 4.78 is 30.2. The van der Waals surface area contributed by atoms with Crippen LogP contribution < -0.4 is 10.2 Å². The van der Waals surface area contributed by atoms with Crippen LogP contribution in [0.4, 0.5) is 14.6 Å². The molecule has 3 aromatic rings. The van der Waals surface area contributed by atoms with E-state index in [1.165, 1.54) is 18.5 Å². The first-order valence-electron chi connectivity index (χ1n) is 9.14. The Balaban J connectivity index is 1.67. The Morgan fingerprint density at radius 3 is 2.62 bits per heavy atom. The first kappa shape index (κ1) is 17.5. The minimum atomic E-state index is -0.741. The van der Waals surface area contributed by atoms with Crippen molar-refractivity contribution >= 4 is 17.6 Å². The predicted molar refractivity (Wildman–Crippen MR) is 99.5 cm³/mol. The van der Waals surface area contributed by atoms with Crippen molar-refractivity contribution in [3.63, 3.8) is 0 Å². The number of carbonyl (C=O) groups excluding carboxylic acids is 2. The molecule has 2 aliphatic heterocycles. The average Bonchev–Trinajstić information content (AvgIpc) is 3.41. The molecule has 5 rings (SSSR count). The van der Waals surface area contributed by atoms with Gasteiger partial charge in [0.2, 0.25) is 5.91 Å². The first-order chi connectivity index (χ1) is 14.0. The molecule has 1 aromatic carbocycles. The molecule has 2 aliphatic rings. The van der Waals surface area contributed by atoms with E-state index in [2.05, 4.69) is 15.3 Å². The van der Waals surface area contributed by atoms with E-state index < -0.39 is 11.6 Å². The number of halogens is 2. The Morgan fingerprint density at radius 1 is 1.10 bits per heavy atom. The van der Waals surface area contributed by atoms with Gasteiger partial charge in [0.1, 0.15) is 18.0 Å². The highest BCUT2D eigenvalue weighted by Gasteiger charge is 2.29. The van der Waals surface area contributed by atoms with E-state index in [1.807, 2.05) is 0 Å². The number of imidazole rings is 1. The zero-order valence-corrected chi connectivity index (χ0v) is 15.2. The molecule has 0 bridgehead atoms. The number of nitrogens with one attached hydrogen (secondary N) is 1. The van der Waals surface area contributed by atoms with E-state index in [9.17, 15) is 18.4 Å². The van der Waals surface area contributed by atoms with Gasteiger partial charge in [-0.3, -0.25) is 14.5 Å². The van der Waals surface area contributed by atoms with Gasteiger partial charge in [0, 0.05) is 13.0 Å². The maximum Gasteiger partial charge on any atom is 0.255 e. The lowest BCUT2D eigenvalue weighted by Gasteiger charge is -2.13. The lowest BCUT2D eigenvalue weighted by Crippen LogP contribution is -2.23. The van der Waals surface area contributed by atoms with Gasteiger partial charge in [-0.05, 0) is 24.6 Å². The smallest absolute Gasteiger partial charge is 0.255 e. The summed E-state index contributed by atoms with van der Waals surface area (Å²) in [7, 11) is 0. The molecule has 0 unspecified atom stereocenters. The van der Waals surface area contributed by atoms with Crippen molar-refractivity contribution in [2.75, 3.05) is 11.4 Å². The monoisotopic (exact) mass is 395 g/mol. The molecule has 0 saturated carbocycles. The summed E-state index contributed by atoms with van der Waals surface area (Å²) in [6, 6.07) is 5.06. The highest BCUT2D eigenvalue weighted by Crippen LogP contribution is 2.31. The van der Waals surface area contributed by atoms with Crippen LogP contribution >= 0.6 is 0 Å². The number of aromatic nitrogens is 3. The summed E-state index contributed by atoms with van der Waals surface area (Å²) in [5.74, 6) is -1.35. The van der Waals surface area contributed by atoms with Crippen LogP contribution in [0.1, 0.15) is 28.9 Å². The zero-order valence-electron chi connectivity index (χ0n) is 15.2. The summed E-state index contributed by atoms with van der Waals surface area (Å²) in [4.78, 5) is 34.5. The molecule has 0 aliphatic carbocycles. The normalized spacial score (nSPS) is 15.7. The zero-order chi connectivity index (χ0) is 20.1. The van der Waals surface area contributed by atoms with Gasteiger partial charge in [-0.2, -0.15) is 0 Å². The molecule has 1 saturated heterocycles. The van der Waals surface area contributed by atoms with E-state index in [0.29, 0.717) is 35.7 Å². The van der Waals surface area contributed by atoms with E-state index in [4.69, 9.17) is 0 Å². The third-order valence-corrected chi connectivity index (χ3v) is 5.13. The first-order valence-corrected chi connectivity index (χ1v) is 9.14. The number of pyridine rings is 1. The average molecular weight is 395 g/mol. The Hall–Kier alpha value is -3.62. The summed E-state index contributed by atoms with van der Waals surface area (Å²) in [5, 5.41) is 2.68. The molecule has 0 spiro atoms.